The van der Waals surface area contributed by atoms with Crippen molar-refractivity contribution in [1.29, 1.82) is 0 Å². The van der Waals surface area contributed by atoms with Gasteiger partial charge in [-0.25, -0.2) is 14.4 Å². The molecule has 114 valence electrons. The highest BCUT2D eigenvalue weighted by atomic mass is 19.1. The molecule has 2 N–H and O–H groups in total. The molecule has 1 saturated heterocycles. The lowest BCUT2D eigenvalue weighted by molar-refractivity contribution is 0.0741. The molecule has 1 aromatic heterocycles. The van der Waals surface area contributed by atoms with E-state index in [0.29, 0.717) is 26.2 Å². The average molecular weight is 301 g/mol. The molecule has 1 amide bonds. The lowest BCUT2D eigenvalue weighted by atomic mass is 10.2. The van der Waals surface area contributed by atoms with Crippen LogP contribution in [0.5, 0.6) is 0 Å². The summed E-state index contributed by atoms with van der Waals surface area (Å²) in [6.45, 7) is 2.48. The van der Waals surface area contributed by atoms with Crippen LogP contribution in [-0.2, 0) is 0 Å². The third-order valence-electron chi connectivity index (χ3n) is 3.69. The van der Waals surface area contributed by atoms with Crippen molar-refractivity contribution in [2.24, 2.45) is 0 Å². The summed E-state index contributed by atoms with van der Waals surface area (Å²) in [5.41, 5.74) is 6.84. The third-order valence-corrected chi connectivity index (χ3v) is 3.69. The minimum absolute atomic E-state index is 0.147. The largest absolute Gasteiger partial charge is 0.382 e. The molecule has 0 bridgehead atoms. The number of nitrogens with two attached hydrogens (primary N) is 1. The number of halogens is 1. The first-order valence-electron chi connectivity index (χ1n) is 7.01. The second kappa shape index (κ2) is 5.97. The fourth-order valence-electron chi connectivity index (χ4n) is 2.48. The summed E-state index contributed by atoms with van der Waals surface area (Å²) in [5.74, 6) is -0.312. The van der Waals surface area contributed by atoms with Crippen molar-refractivity contribution in [2.45, 2.75) is 0 Å². The first kappa shape index (κ1) is 14.2. The molecule has 22 heavy (non-hydrogen) atoms. The minimum atomic E-state index is -0.254. The van der Waals surface area contributed by atoms with E-state index in [0.717, 1.165) is 5.69 Å². The van der Waals surface area contributed by atoms with Crippen LogP contribution in [0.25, 0.3) is 0 Å². The van der Waals surface area contributed by atoms with E-state index in [-0.39, 0.29) is 23.2 Å². The van der Waals surface area contributed by atoms with Crippen LogP contribution in [-0.4, -0.2) is 47.0 Å². The number of rotatable bonds is 2. The number of amides is 1. The summed E-state index contributed by atoms with van der Waals surface area (Å²) in [6.07, 6.45) is 2.91. The Morgan fingerprint density at radius 2 is 1.68 bits per heavy atom. The van der Waals surface area contributed by atoms with Gasteiger partial charge in [-0.15, -0.1) is 0 Å². The van der Waals surface area contributed by atoms with Crippen molar-refractivity contribution < 1.29 is 9.18 Å². The van der Waals surface area contributed by atoms with Crippen LogP contribution in [0.1, 0.15) is 10.5 Å². The molecule has 0 unspecified atom stereocenters. The Hall–Kier alpha value is -2.70. The van der Waals surface area contributed by atoms with Crippen molar-refractivity contribution in [3.63, 3.8) is 0 Å². The van der Waals surface area contributed by atoms with Crippen molar-refractivity contribution in [1.82, 2.24) is 14.9 Å². The van der Waals surface area contributed by atoms with Gasteiger partial charge in [-0.05, 0) is 24.3 Å². The van der Waals surface area contributed by atoms with Crippen LogP contribution in [0, 0.1) is 5.82 Å². The van der Waals surface area contributed by atoms with Crippen molar-refractivity contribution in [3.05, 3.63) is 48.2 Å². The molecule has 1 fully saturated rings. The summed E-state index contributed by atoms with van der Waals surface area (Å²) in [7, 11) is 0. The highest BCUT2D eigenvalue weighted by Gasteiger charge is 2.24. The van der Waals surface area contributed by atoms with E-state index in [9.17, 15) is 9.18 Å². The van der Waals surface area contributed by atoms with E-state index < -0.39 is 0 Å². The molecule has 2 aromatic rings. The van der Waals surface area contributed by atoms with Crippen LogP contribution in [0.2, 0.25) is 0 Å². The van der Waals surface area contributed by atoms with Crippen LogP contribution in [0.4, 0.5) is 15.9 Å². The molecular formula is C15H16FN5O. The maximum atomic E-state index is 13.0. The van der Waals surface area contributed by atoms with Crippen molar-refractivity contribution in [2.75, 3.05) is 36.8 Å². The lowest BCUT2D eigenvalue weighted by Crippen LogP contribution is -2.49. The number of carbonyl (C=O) groups excluding carboxylic acids is 1. The summed E-state index contributed by atoms with van der Waals surface area (Å²) < 4.78 is 13.0. The molecule has 7 heteroatoms. The summed E-state index contributed by atoms with van der Waals surface area (Å²) in [6, 6.07) is 6.36. The van der Waals surface area contributed by atoms with Gasteiger partial charge >= 0.3 is 0 Å². The van der Waals surface area contributed by atoms with Crippen molar-refractivity contribution >= 4 is 17.4 Å². The molecule has 1 aliphatic rings. The van der Waals surface area contributed by atoms with Gasteiger partial charge in [0, 0.05) is 44.3 Å². The Bertz CT molecular complexity index is 668. The molecular weight excluding hydrogens is 285 g/mol. The van der Waals surface area contributed by atoms with E-state index in [4.69, 9.17) is 5.73 Å². The molecule has 0 aliphatic carbocycles. The molecule has 0 spiro atoms. The fourth-order valence-corrected chi connectivity index (χ4v) is 2.48. The highest BCUT2D eigenvalue weighted by molar-refractivity contribution is 5.96. The first-order valence-corrected chi connectivity index (χ1v) is 7.01. The standard InChI is InChI=1S/C15H16FN5O/c16-11-1-3-12(4-2-11)20-7-9-21(10-8-20)15(22)13-14(17)19-6-5-18-13/h1-6H,7-10H2,(H2,17,19). The zero-order chi connectivity index (χ0) is 15.5. The Morgan fingerprint density at radius 3 is 2.32 bits per heavy atom. The normalized spacial score (nSPS) is 15.0. The monoisotopic (exact) mass is 301 g/mol. The van der Waals surface area contributed by atoms with E-state index in [1.165, 1.54) is 24.5 Å². The zero-order valence-electron chi connectivity index (χ0n) is 11.9. The lowest BCUT2D eigenvalue weighted by Gasteiger charge is -2.36. The quantitative estimate of drug-likeness (QED) is 0.901. The van der Waals surface area contributed by atoms with Crippen LogP contribution >= 0.6 is 0 Å². The van der Waals surface area contributed by atoms with Gasteiger partial charge in [0.15, 0.2) is 11.5 Å². The second-order valence-corrected chi connectivity index (χ2v) is 5.05. The van der Waals surface area contributed by atoms with Crippen molar-refractivity contribution in [3.8, 4) is 0 Å². The number of hydrogen-bond acceptors (Lipinski definition) is 5. The molecule has 6 nitrogen and oxygen atoms in total. The summed E-state index contributed by atoms with van der Waals surface area (Å²) >= 11 is 0. The predicted molar refractivity (Wildman–Crippen MR) is 81.0 cm³/mol. The smallest absolute Gasteiger partial charge is 0.276 e. The fraction of sp³-hybridized carbons (Fsp3) is 0.267. The average Bonchev–Trinajstić information content (AvgIpc) is 2.56. The Labute approximate surface area is 127 Å². The van der Waals surface area contributed by atoms with Gasteiger partial charge in [-0.3, -0.25) is 4.79 Å². The number of anilines is 2. The second-order valence-electron chi connectivity index (χ2n) is 5.05. The summed E-state index contributed by atoms with van der Waals surface area (Å²) in [5, 5.41) is 0. The Kier molecular flexibility index (Phi) is 3.86. The van der Waals surface area contributed by atoms with Crippen LogP contribution in [0.15, 0.2) is 36.7 Å². The predicted octanol–water partition coefficient (Wildman–Crippen LogP) is 1.16. The highest BCUT2D eigenvalue weighted by Crippen LogP contribution is 2.18. The number of benzene rings is 1. The van der Waals surface area contributed by atoms with Gasteiger partial charge in [-0.1, -0.05) is 0 Å². The van der Waals surface area contributed by atoms with Gasteiger partial charge < -0.3 is 15.5 Å². The molecule has 1 aromatic carbocycles. The van der Waals surface area contributed by atoms with Crippen LogP contribution < -0.4 is 10.6 Å². The molecule has 2 heterocycles. The van der Waals surface area contributed by atoms with E-state index in [2.05, 4.69) is 14.9 Å². The van der Waals surface area contributed by atoms with Gasteiger partial charge in [0.25, 0.3) is 5.91 Å². The topological polar surface area (TPSA) is 75.3 Å². The van der Waals surface area contributed by atoms with Gasteiger partial charge in [0.05, 0.1) is 0 Å². The number of hydrogen-bond donors (Lipinski definition) is 1. The number of piperazine rings is 1. The molecule has 0 atom stereocenters. The van der Waals surface area contributed by atoms with E-state index >= 15 is 0 Å². The van der Waals surface area contributed by atoms with Gasteiger partial charge in [0.1, 0.15) is 5.82 Å². The third kappa shape index (κ3) is 2.83. The molecule has 0 saturated carbocycles. The minimum Gasteiger partial charge on any atom is -0.382 e. The first-order chi connectivity index (χ1) is 10.6. The molecule has 0 radical (unpaired) electrons. The van der Waals surface area contributed by atoms with Crippen LogP contribution in [0.3, 0.4) is 0 Å². The molecule has 1 aliphatic heterocycles. The number of nitrogen functional groups attached to an aromatic ring is 1. The Balaban J connectivity index is 1.65. The SMILES string of the molecule is Nc1nccnc1C(=O)N1CCN(c2ccc(F)cc2)CC1. The summed E-state index contributed by atoms with van der Waals surface area (Å²) in [4.78, 5) is 24.1. The maximum Gasteiger partial charge on any atom is 0.276 e. The Morgan fingerprint density at radius 1 is 1.05 bits per heavy atom. The van der Waals surface area contributed by atoms with E-state index in [1.54, 1.807) is 17.0 Å². The van der Waals surface area contributed by atoms with E-state index in [1.807, 2.05) is 0 Å². The maximum absolute atomic E-state index is 13.0. The van der Waals surface area contributed by atoms with Gasteiger partial charge in [0.2, 0.25) is 0 Å². The number of aromatic nitrogens is 2. The number of carbonyl (C=O) groups is 1. The zero-order valence-corrected chi connectivity index (χ0v) is 11.9. The molecule has 3 rings (SSSR count). The number of nitrogens with zero attached hydrogens (tertiary/aromatic N) is 4. The van der Waals surface area contributed by atoms with Gasteiger partial charge in [-0.2, -0.15) is 0 Å².